The number of nitrogens with zero attached hydrogens (tertiary/aromatic N) is 1. The molecular formula is C11H14N2O3. The summed E-state index contributed by atoms with van der Waals surface area (Å²) in [5.41, 5.74) is 6.08. The molecule has 0 bridgehead atoms. The van der Waals surface area contributed by atoms with E-state index in [0.29, 0.717) is 18.7 Å². The molecule has 1 aliphatic heterocycles. The number of amides is 1. The van der Waals surface area contributed by atoms with E-state index in [4.69, 9.17) is 10.8 Å². The predicted molar refractivity (Wildman–Crippen MR) is 58.3 cm³/mol. The Kier molecular flexibility index (Phi) is 2.70. The lowest BCUT2D eigenvalue weighted by Gasteiger charge is -2.15. The largest absolute Gasteiger partial charge is 0.504 e. The van der Waals surface area contributed by atoms with Gasteiger partial charge in [-0.15, -0.1) is 0 Å². The molecule has 5 nitrogen and oxygen atoms in total. The van der Waals surface area contributed by atoms with Gasteiger partial charge < -0.3 is 20.8 Å². The van der Waals surface area contributed by atoms with E-state index in [2.05, 4.69) is 0 Å². The molecular weight excluding hydrogens is 208 g/mol. The van der Waals surface area contributed by atoms with Crippen molar-refractivity contribution in [2.45, 2.75) is 12.5 Å². The molecule has 1 fully saturated rings. The number of nitrogens with two attached hydrogens (primary N) is 1. The second kappa shape index (κ2) is 4.02. The van der Waals surface area contributed by atoms with Crippen molar-refractivity contribution in [3.63, 3.8) is 0 Å². The van der Waals surface area contributed by atoms with Crippen LogP contribution in [0.5, 0.6) is 11.5 Å². The van der Waals surface area contributed by atoms with Crippen molar-refractivity contribution in [3.05, 3.63) is 23.8 Å². The zero-order valence-electron chi connectivity index (χ0n) is 8.76. The minimum atomic E-state index is -0.283. The fraction of sp³-hybridized carbons (Fsp3) is 0.364. The number of phenols is 2. The van der Waals surface area contributed by atoms with Gasteiger partial charge in [0.15, 0.2) is 11.5 Å². The maximum atomic E-state index is 11.9. The minimum absolute atomic E-state index is 0.0367. The van der Waals surface area contributed by atoms with Crippen molar-refractivity contribution in [2.24, 2.45) is 5.73 Å². The Labute approximate surface area is 93.1 Å². The van der Waals surface area contributed by atoms with Crippen molar-refractivity contribution >= 4 is 5.91 Å². The second-order valence-corrected chi connectivity index (χ2v) is 4.00. The molecule has 2 rings (SSSR count). The fourth-order valence-corrected chi connectivity index (χ4v) is 1.81. The minimum Gasteiger partial charge on any atom is -0.504 e. The third kappa shape index (κ3) is 1.94. The highest BCUT2D eigenvalue weighted by Gasteiger charge is 2.24. The molecule has 0 spiro atoms. The van der Waals surface area contributed by atoms with Crippen LogP contribution >= 0.6 is 0 Å². The van der Waals surface area contributed by atoms with E-state index in [-0.39, 0.29) is 23.4 Å². The molecule has 4 N–H and O–H groups in total. The molecule has 1 saturated heterocycles. The summed E-state index contributed by atoms with van der Waals surface area (Å²) in [5, 5.41) is 18.4. The molecule has 16 heavy (non-hydrogen) atoms. The van der Waals surface area contributed by atoms with Crippen molar-refractivity contribution in [3.8, 4) is 11.5 Å². The topological polar surface area (TPSA) is 86.8 Å². The number of hydrogen-bond donors (Lipinski definition) is 3. The summed E-state index contributed by atoms with van der Waals surface area (Å²) in [6, 6.07) is 4.09. The van der Waals surface area contributed by atoms with Gasteiger partial charge >= 0.3 is 0 Å². The molecule has 1 atom stereocenters. The Morgan fingerprint density at radius 1 is 1.38 bits per heavy atom. The van der Waals surface area contributed by atoms with Crippen LogP contribution in [0.25, 0.3) is 0 Å². The van der Waals surface area contributed by atoms with Gasteiger partial charge in [0.1, 0.15) is 0 Å². The zero-order valence-corrected chi connectivity index (χ0v) is 8.76. The number of carbonyl (C=O) groups is 1. The van der Waals surface area contributed by atoms with Crippen molar-refractivity contribution in [2.75, 3.05) is 13.1 Å². The molecule has 86 valence electrons. The second-order valence-electron chi connectivity index (χ2n) is 4.00. The van der Waals surface area contributed by atoms with E-state index in [1.165, 1.54) is 18.2 Å². The van der Waals surface area contributed by atoms with Crippen molar-refractivity contribution in [1.82, 2.24) is 4.90 Å². The van der Waals surface area contributed by atoms with Gasteiger partial charge in [0.25, 0.3) is 5.91 Å². The highest BCUT2D eigenvalue weighted by atomic mass is 16.3. The third-order valence-corrected chi connectivity index (χ3v) is 2.73. The summed E-state index contributed by atoms with van der Waals surface area (Å²) in [6.45, 7) is 1.18. The van der Waals surface area contributed by atoms with Crippen molar-refractivity contribution < 1.29 is 15.0 Å². The Balaban J connectivity index is 2.18. The number of aromatic hydroxyl groups is 2. The summed E-state index contributed by atoms with van der Waals surface area (Å²) in [4.78, 5) is 13.6. The number of likely N-dealkylation sites (tertiary alicyclic amines) is 1. The van der Waals surface area contributed by atoms with Crippen LogP contribution in [0, 0.1) is 0 Å². The van der Waals surface area contributed by atoms with Gasteiger partial charge in [0.2, 0.25) is 0 Å². The van der Waals surface area contributed by atoms with Gasteiger partial charge in [-0.1, -0.05) is 0 Å². The Hall–Kier alpha value is -1.75. The summed E-state index contributed by atoms with van der Waals surface area (Å²) >= 11 is 0. The molecule has 1 heterocycles. The van der Waals surface area contributed by atoms with Crippen LogP contribution in [0.1, 0.15) is 16.8 Å². The smallest absolute Gasteiger partial charge is 0.254 e. The zero-order chi connectivity index (χ0) is 11.7. The van der Waals surface area contributed by atoms with E-state index in [0.717, 1.165) is 6.42 Å². The van der Waals surface area contributed by atoms with Gasteiger partial charge in [0.05, 0.1) is 0 Å². The van der Waals surface area contributed by atoms with E-state index < -0.39 is 0 Å². The quantitative estimate of drug-likeness (QED) is 0.595. The molecule has 5 heteroatoms. The monoisotopic (exact) mass is 222 g/mol. The van der Waals surface area contributed by atoms with Gasteiger partial charge in [-0.3, -0.25) is 4.79 Å². The van der Waals surface area contributed by atoms with Crippen LogP contribution in [0.4, 0.5) is 0 Å². The van der Waals surface area contributed by atoms with Gasteiger partial charge in [-0.25, -0.2) is 0 Å². The maximum Gasteiger partial charge on any atom is 0.254 e. The number of benzene rings is 1. The first-order valence-electron chi connectivity index (χ1n) is 5.15. The summed E-state index contributed by atoms with van der Waals surface area (Å²) in [6.07, 6.45) is 0.801. The molecule has 1 aromatic carbocycles. The molecule has 1 aliphatic rings. The lowest BCUT2D eigenvalue weighted by molar-refractivity contribution is 0.0790. The van der Waals surface area contributed by atoms with E-state index in [1.54, 1.807) is 4.90 Å². The Morgan fingerprint density at radius 3 is 2.69 bits per heavy atom. The first-order valence-corrected chi connectivity index (χ1v) is 5.15. The average Bonchev–Trinajstić information content (AvgIpc) is 2.68. The lowest BCUT2D eigenvalue weighted by atomic mass is 10.2. The normalized spacial score (nSPS) is 20.1. The number of phenolic OH excluding ortho intramolecular Hbond substituents is 2. The number of carbonyl (C=O) groups excluding carboxylic acids is 1. The molecule has 0 unspecified atom stereocenters. The average molecular weight is 222 g/mol. The summed E-state index contributed by atoms with van der Waals surface area (Å²) < 4.78 is 0. The first-order chi connectivity index (χ1) is 7.58. The standard InChI is InChI=1S/C11H14N2O3/c12-8-3-4-13(6-8)11(16)7-1-2-9(14)10(15)5-7/h1-2,5,8,14-15H,3-4,6,12H2/t8-/m0/s1. The predicted octanol–water partition coefficient (Wildman–Crippen LogP) is 0.271. The van der Waals surface area contributed by atoms with Gasteiger partial charge in [0, 0.05) is 24.7 Å². The number of hydrogen-bond acceptors (Lipinski definition) is 4. The van der Waals surface area contributed by atoms with Gasteiger partial charge in [-0.2, -0.15) is 0 Å². The Bertz CT molecular complexity index is 420. The van der Waals surface area contributed by atoms with Crippen LogP contribution in [0.2, 0.25) is 0 Å². The highest BCUT2D eigenvalue weighted by molar-refractivity contribution is 5.95. The van der Waals surface area contributed by atoms with Crippen LogP contribution in [-0.4, -0.2) is 40.2 Å². The van der Waals surface area contributed by atoms with E-state index >= 15 is 0 Å². The van der Waals surface area contributed by atoms with Gasteiger partial charge in [-0.05, 0) is 24.6 Å². The third-order valence-electron chi connectivity index (χ3n) is 2.73. The number of rotatable bonds is 1. The summed E-state index contributed by atoms with van der Waals surface area (Å²) in [7, 11) is 0. The van der Waals surface area contributed by atoms with Crippen LogP contribution in [-0.2, 0) is 0 Å². The molecule has 0 aromatic heterocycles. The molecule has 0 aliphatic carbocycles. The first kappa shape index (κ1) is 10.8. The van der Waals surface area contributed by atoms with Crippen LogP contribution in [0.15, 0.2) is 18.2 Å². The Morgan fingerprint density at radius 2 is 2.12 bits per heavy atom. The molecule has 1 aromatic rings. The van der Waals surface area contributed by atoms with E-state index in [1.807, 2.05) is 0 Å². The highest BCUT2D eigenvalue weighted by Crippen LogP contribution is 2.26. The fourth-order valence-electron chi connectivity index (χ4n) is 1.81. The van der Waals surface area contributed by atoms with Crippen LogP contribution < -0.4 is 5.73 Å². The molecule has 0 radical (unpaired) electrons. The van der Waals surface area contributed by atoms with Crippen molar-refractivity contribution in [1.29, 1.82) is 0 Å². The molecule has 1 amide bonds. The SMILES string of the molecule is N[C@H]1CCN(C(=O)c2ccc(O)c(O)c2)C1. The maximum absolute atomic E-state index is 11.9. The lowest BCUT2D eigenvalue weighted by Crippen LogP contribution is -2.31. The summed E-state index contributed by atoms with van der Waals surface area (Å²) in [5.74, 6) is -0.674. The van der Waals surface area contributed by atoms with Crippen LogP contribution in [0.3, 0.4) is 0 Å². The van der Waals surface area contributed by atoms with E-state index in [9.17, 15) is 9.90 Å². The molecule has 0 saturated carbocycles.